The Morgan fingerprint density at radius 3 is 2.40 bits per heavy atom. The van der Waals surface area contributed by atoms with Gasteiger partial charge in [-0.05, 0) is 57.5 Å². The molecule has 0 bridgehead atoms. The maximum absolute atomic E-state index is 13.7. The normalized spacial score (nSPS) is 23.5. The lowest BCUT2D eigenvalue weighted by Crippen LogP contribution is -2.54. The van der Waals surface area contributed by atoms with Crippen molar-refractivity contribution in [3.05, 3.63) is 29.8 Å². The molecule has 1 saturated carbocycles. The minimum Gasteiger partial charge on any atom is -0.497 e. The molecule has 1 aliphatic carbocycles. The van der Waals surface area contributed by atoms with Crippen LogP contribution in [0.5, 0.6) is 5.75 Å². The van der Waals surface area contributed by atoms with Crippen LogP contribution in [0.2, 0.25) is 0 Å². The zero-order valence-corrected chi connectivity index (χ0v) is 16.0. The molecule has 1 aromatic rings. The van der Waals surface area contributed by atoms with Gasteiger partial charge in [-0.1, -0.05) is 31.4 Å². The van der Waals surface area contributed by atoms with Crippen LogP contribution in [0.1, 0.15) is 50.5 Å². The lowest BCUT2D eigenvalue weighted by Gasteiger charge is -2.44. The van der Waals surface area contributed by atoms with Crippen LogP contribution in [0.15, 0.2) is 24.3 Å². The molecule has 25 heavy (non-hydrogen) atoms. The Morgan fingerprint density at radius 2 is 1.80 bits per heavy atom. The first-order chi connectivity index (χ1) is 12.1. The van der Waals surface area contributed by atoms with Crippen molar-refractivity contribution in [1.29, 1.82) is 0 Å². The van der Waals surface area contributed by atoms with E-state index in [1.165, 1.54) is 18.4 Å². The molecule has 1 atom stereocenters. The highest BCUT2D eigenvalue weighted by Crippen LogP contribution is 2.42. The van der Waals surface area contributed by atoms with Crippen molar-refractivity contribution in [2.75, 3.05) is 34.3 Å². The molecule has 0 spiro atoms. The third-order valence-electron chi connectivity index (χ3n) is 6.17. The smallest absolute Gasteiger partial charge is 0.233 e. The third kappa shape index (κ3) is 3.69. The van der Waals surface area contributed by atoms with Crippen LogP contribution in [-0.4, -0.2) is 56.0 Å². The van der Waals surface area contributed by atoms with Gasteiger partial charge in [0.05, 0.1) is 12.5 Å². The molecule has 2 aliphatic rings. The number of carbonyl (C=O) groups excluding carboxylic acids is 1. The average molecular weight is 344 g/mol. The van der Waals surface area contributed by atoms with E-state index in [9.17, 15) is 4.79 Å². The lowest BCUT2D eigenvalue weighted by atomic mass is 9.68. The van der Waals surface area contributed by atoms with Gasteiger partial charge >= 0.3 is 0 Å². The number of rotatable bonds is 4. The van der Waals surface area contributed by atoms with E-state index in [-0.39, 0.29) is 5.41 Å². The van der Waals surface area contributed by atoms with E-state index in [1.807, 2.05) is 12.1 Å². The minimum atomic E-state index is -0.335. The summed E-state index contributed by atoms with van der Waals surface area (Å²) in [5.74, 6) is 1.21. The molecule has 4 nitrogen and oxygen atoms in total. The van der Waals surface area contributed by atoms with E-state index in [2.05, 4.69) is 36.0 Å². The van der Waals surface area contributed by atoms with Crippen LogP contribution in [0.4, 0.5) is 0 Å². The molecule has 1 amide bonds. The van der Waals surface area contributed by atoms with Gasteiger partial charge in [-0.3, -0.25) is 4.79 Å². The number of hydrogen-bond donors (Lipinski definition) is 0. The molecule has 3 rings (SSSR count). The van der Waals surface area contributed by atoms with Crippen molar-refractivity contribution in [2.24, 2.45) is 0 Å². The van der Waals surface area contributed by atoms with Crippen molar-refractivity contribution in [2.45, 2.75) is 56.4 Å². The second-order valence-corrected chi connectivity index (χ2v) is 7.88. The van der Waals surface area contributed by atoms with Gasteiger partial charge in [-0.15, -0.1) is 0 Å². The summed E-state index contributed by atoms with van der Waals surface area (Å²) in [5, 5.41) is 0. The summed E-state index contributed by atoms with van der Waals surface area (Å²) in [6.45, 7) is 1.77. The zero-order chi connectivity index (χ0) is 17.9. The van der Waals surface area contributed by atoms with Crippen molar-refractivity contribution < 1.29 is 9.53 Å². The third-order valence-corrected chi connectivity index (χ3v) is 6.17. The maximum atomic E-state index is 13.7. The molecular formula is C21H32N2O2. The van der Waals surface area contributed by atoms with E-state index in [4.69, 9.17) is 4.74 Å². The highest BCUT2D eigenvalue weighted by atomic mass is 16.5. The number of likely N-dealkylation sites (N-methyl/N-ethyl adjacent to an activating group) is 1. The molecule has 1 aromatic carbocycles. The number of nitrogens with zero attached hydrogens (tertiary/aromatic N) is 2. The van der Waals surface area contributed by atoms with Gasteiger partial charge in [0.15, 0.2) is 0 Å². The maximum Gasteiger partial charge on any atom is 0.233 e. The predicted molar refractivity (Wildman–Crippen MR) is 101 cm³/mol. The molecule has 1 unspecified atom stereocenters. The van der Waals surface area contributed by atoms with Crippen LogP contribution in [0.25, 0.3) is 0 Å². The molecular weight excluding hydrogens is 312 g/mol. The van der Waals surface area contributed by atoms with Gasteiger partial charge in [0, 0.05) is 19.1 Å². The van der Waals surface area contributed by atoms with E-state index in [1.54, 1.807) is 7.11 Å². The second kappa shape index (κ2) is 7.77. The van der Waals surface area contributed by atoms with E-state index in [0.29, 0.717) is 11.9 Å². The topological polar surface area (TPSA) is 32.8 Å². The molecule has 1 aliphatic heterocycles. The first-order valence-corrected chi connectivity index (χ1v) is 9.67. The minimum absolute atomic E-state index is 0.335. The van der Waals surface area contributed by atoms with Crippen molar-refractivity contribution in [1.82, 2.24) is 9.80 Å². The van der Waals surface area contributed by atoms with Gasteiger partial charge in [0.25, 0.3) is 0 Å². The van der Waals surface area contributed by atoms with Crippen molar-refractivity contribution >= 4 is 5.91 Å². The molecule has 0 aromatic heterocycles. The number of likely N-dealkylation sites (tertiary alicyclic amines) is 1. The van der Waals surface area contributed by atoms with Gasteiger partial charge in [0.2, 0.25) is 5.91 Å². The predicted octanol–water partition coefficient (Wildman–Crippen LogP) is 3.45. The number of ether oxygens (including phenoxy) is 1. The van der Waals surface area contributed by atoms with Crippen LogP contribution in [0.3, 0.4) is 0 Å². The first-order valence-electron chi connectivity index (χ1n) is 9.67. The first kappa shape index (κ1) is 18.2. The number of carbonyl (C=O) groups is 1. The summed E-state index contributed by atoms with van der Waals surface area (Å²) in [7, 11) is 5.93. The molecule has 1 heterocycles. The molecule has 2 fully saturated rings. The second-order valence-electron chi connectivity index (χ2n) is 7.88. The van der Waals surface area contributed by atoms with Crippen LogP contribution in [-0.2, 0) is 10.2 Å². The summed E-state index contributed by atoms with van der Waals surface area (Å²) in [6.07, 6.45) is 7.76. The summed E-state index contributed by atoms with van der Waals surface area (Å²) in [5.41, 5.74) is 0.837. The Labute approximate surface area is 152 Å². The number of amides is 1. The van der Waals surface area contributed by atoms with E-state index < -0.39 is 0 Å². The van der Waals surface area contributed by atoms with Crippen LogP contribution < -0.4 is 4.74 Å². The Kier molecular flexibility index (Phi) is 5.67. The molecule has 1 saturated heterocycles. The largest absolute Gasteiger partial charge is 0.497 e. The summed E-state index contributed by atoms with van der Waals surface area (Å²) in [6, 6.07) is 8.69. The molecule has 0 radical (unpaired) electrons. The Bertz CT molecular complexity index is 576. The van der Waals surface area contributed by atoms with Gasteiger partial charge in [0.1, 0.15) is 5.75 Å². The molecule has 138 valence electrons. The number of hydrogen-bond acceptors (Lipinski definition) is 3. The van der Waals surface area contributed by atoms with E-state index >= 15 is 0 Å². The fourth-order valence-electron chi connectivity index (χ4n) is 4.55. The van der Waals surface area contributed by atoms with Crippen LogP contribution >= 0.6 is 0 Å². The summed E-state index contributed by atoms with van der Waals surface area (Å²) >= 11 is 0. The zero-order valence-electron chi connectivity index (χ0n) is 16.0. The number of methoxy groups -OCH3 is 1. The highest BCUT2D eigenvalue weighted by Gasteiger charge is 2.44. The number of piperidine rings is 1. The quantitative estimate of drug-likeness (QED) is 0.839. The standard InChI is InChI=1S/C21H32N2O2/c1-22(2)18-8-7-15-23(16-18)20(24)21(13-5-4-6-14-21)17-9-11-19(25-3)12-10-17/h9-12,18H,4-8,13-16H2,1-3H3. The lowest BCUT2D eigenvalue weighted by molar-refractivity contribution is -0.141. The van der Waals surface area contributed by atoms with Crippen LogP contribution in [0, 0.1) is 0 Å². The van der Waals surface area contributed by atoms with Gasteiger partial charge in [-0.2, -0.15) is 0 Å². The average Bonchev–Trinajstić information content (AvgIpc) is 2.68. The Morgan fingerprint density at radius 1 is 1.12 bits per heavy atom. The monoisotopic (exact) mass is 344 g/mol. The molecule has 0 N–H and O–H groups in total. The highest BCUT2D eigenvalue weighted by molar-refractivity contribution is 5.88. The summed E-state index contributed by atoms with van der Waals surface area (Å²) in [4.78, 5) is 18.1. The van der Waals surface area contributed by atoms with Gasteiger partial charge < -0.3 is 14.5 Å². The van der Waals surface area contributed by atoms with Crippen molar-refractivity contribution in [3.63, 3.8) is 0 Å². The van der Waals surface area contributed by atoms with Crippen molar-refractivity contribution in [3.8, 4) is 5.75 Å². The Hall–Kier alpha value is -1.55. The number of benzene rings is 1. The Balaban J connectivity index is 1.87. The van der Waals surface area contributed by atoms with E-state index in [0.717, 1.165) is 50.9 Å². The summed E-state index contributed by atoms with van der Waals surface area (Å²) < 4.78 is 5.31. The SMILES string of the molecule is COc1ccc(C2(C(=O)N3CCCC(N(C)C)C3)CCCCC2)cc1. The fourth-order valence-corrected chi connectivity index (χ4v) is 4.55. The molecule has 4 heteroatoms. The fraction of sp³-hybridized carbons (Fsp3) is 0.667. The van der Waals surface area contributed by atoms with Gasteiger partial charge in [-0.25, -0.2) is 0 Å².